The summed E-state index contributed by atoms with van der Waals surface area (Å²) in [6.07, 6.45) is 0. The smallest absolute Gasteiger partial charge is 0.338 e. The first-order valence-corrected chi connectivity index (χ1v) is 8.55. The summed E-state index contributed by atoms with van der Waals surface area (Å²) in [6, 6.07) is 5.39. The average Bonchev–Trinajstić information content (AvgIpc) is 2.53. The first kappa shape index (κ1) is 19.6. The number of halogens is 3. The first-order chi connectivity index (χ1) is 11.7. The fourth-order valence-electron chi connectivity index (χ4n) is 2.51. The van der Waals surface area contributed by atoms with Gasteiger partial charge in [0, 0.05) is 36.6 Å². The van der Waals surface area contributed by atoms with Crippen molar-refractivity contribution in [3.05, 3.63) is 29.8 Å². The third-order valence-electron chi connectivity index (χ3n) is 3.71. The molecule has 138 valence electrons. The molecule has 0 unspecified atom stereocenters. The predicted octanol–water partition coefficient (Wildman–Crippen LogP) is 2.14. The number of piperazine rings is 1. The van der Waals surface area contributed by atoms with E-state index >= 15 is 0 Å². The Bertz CT molecular complexity index is 612. The van der Waals surface area contributed by atoms with Gasteiger partial charge in [0.15, 0.2) is 0 Å². The predicted molar refractivity (Wildman–Crippen MR) is 89.4 cm³/mol. The van der Waals surface area contributed by atoms with E-state index in [9.17, 15) is 22.8 Å². The van der Waals surface area contributed by atoms with Crippen molar-refractivity contribution in [3.63, 3.8) is 0 Å². The van der Waals surface area contributed by atoms with Gasteiger partial charge in [0.1, 0.15) is 0 Å². The Balaban J connectivity index is 1.91. The highest BCUT2D eigenvalue weighted by atomic mass is 32.2. The van der Waals surface area contributed by atoms with Gasteiger partial charge < -0.3 is 14.7 Å². The van der Waals surface area contributed by atoms with Crippen LogP contribution in [0.5, 0.6) is 0 Å². The maximum atomic E-state index is 12.4. The van der Waals surface area contributed by atoms with Gasteiger partial charge in [-0.15, -0.1) is 0 Å². The molecule has 0 N–H and O–H groups in total. The molecule has 0 saturated carbocycles. The highest BCUT2D eigenvalue weighted by molar-refractivity contribution is 8.00. The molecule has 1 aromatic carbocycles. The number of benzene rings is 1. The monoisotopic (exact) mass is 375 g/mol. The standard InChI is InChI=1S/C16H20F3N3O2S/c1-20(2)11-14(23)21-7-9-22(10-8-21)15(24)12-3-5-13(6-4-12)25-16(17,18)19/h3-6H,7-11H2,1-2H3. The minimum Gasteiger partial charge on any atom is -0.338 e. The van der Waals surface area contributed by atoms with Crippen LogP contribution in [-0.2, 0) is 4.79 Å². The summed E-state index contributed by atoms with van der Waals surface area (Å²) in [5.74, 6) is -0.214. The molecule has 1 aliphatic rings. The molecule has 1 fully saturated rings. The normalized spacial score (nSPS) is 15.6. The number of rotatable bonds is 4. The quantitative estimate of drug-likeness (QED) is 0.757. The number of thioether (sulfide) groups is 1. The second-order valence-corrected chi connectivity index (χ2v) is 7.12. The molecule has 1 aromatic rings. The maximum absolute atomic E-state index is 12.4. The molecular weight excluding hydrogens is 355 g/mol. The van der Waals surface area contributed by atoms with Gasteiger partial charge in [-0.1, -0.05) is 0 Å². The molecule has 5 nitrogen and oxygen atoms in total. The van der Waals surface area contributed by atoms with Crippen LogP contribution in [0.4, 0.5) is 13.2 Å². The van der Waals surface area contributed by atoms with Gasteiger partial charge in [0.2, 0.25) is 5.91 Å². The Morgan fingerprint density at radius 3 is 2.04 bits per heavy atom. The van der Waals surface area contributed by atoms with Crippen molar-refractivity contribution in [3.8, 4) is 0 Å². The Morgan fingerprint density at radius 1 is 1.04 bits per heavy atom. The van der Waals surface area contributed by atoms with Crippen molar-refractivity contribution in [2.75, 3.05) is 46.8 Å². The lowest BCUT2D eigenvalue weighted by molar-refractivity contribution is -0.133. The van der Waals surface area contributed by atoms with Crippen molar-refractivity contribution in [2.45, 2.75) is 10.4 Å². The molecule has 25 heavy (non-hydrogen) atoms. The number of alkyl halides is 3. The molecule has 0 bridgehead atoms. The summed E-state index contributed by atoms with van der Waals surface area (Å²) >= 11 is -0.208. The number of amides is 2. The van der Waals surface area contributed by atoms with E-state index in [0.717, 1.165) is 0 Å². The zero-order chi connectivity index (χ0) is 18.6. The van der Waals surface area contributed by atoms with Gasteiger partial charge in [-0.2, -0.15) is 13.2 Å². The van der Waals surface area contributed by atoms with E-state index in [1.54, 1.807) is 14.7 Å². The zero-order valence-corrected chi connectivity index (χ0v) is 14.9. The molecule has 1 aliphatic heterocycles. The Kier molecular flexibility index (Phi) is 6.34. The lowest BCUT2D eigenvalue weighted by atomic mass is 10.2. The van der Waals surface area contributed by atoms with E-state index in [1.165, 1.54) is 24.3 Å². The Morgan fingerprint density at radius 2 is 1.56 bits per heavy atom. The number of hydrogen-bond acceptors (Lipinski definition) is 4. The minimum absolute atomic E-state index is 0.0191. The van der Waals surface area contributed by atoms with Crippen molar-refractivity contribution in [1.29, 1.82) is 0 Å². The largest absolute Gasteiger partial charge is 0.446 e. The molecule has 9 heteroatoms. The van der Waals surface area contributed by atoms with Crippen molar-refractivity contribution < 1.29 is 22.8 Å². The number of carbonyl (C=O) groups excluding carboxylic acids is 2. The second kappa shape index (κ2) is 8.09. The van der Waals surface area contributed by atoms with E-state index in [4.69, 9.17) is 0 Å². The highest BCUT2D eigenvalue weighted by Gasteiger charge is 2.29. The van der Waals surface area contributed by atoms with Gasteiger partial charge in [-0.25, -0.2) is 0 Å². The number of likely N-dealkylation sites (N-methyl/N-ethyl adjacent to an activating group) is 1. The SMILES string of the molecule is CN(C)CC(=O)N1CCN(C(=O)c2ccc(SC(F)(F)F)cc2)CC1. The van der Waals surface area contributed by atoms with Crippen molar-refractivity contribution in [1.82, 2.24) is 14.7 Å². The van der Waals surface area contributed by atoms with E-state index in [-0.39, 0.29) is 28.5 Å². The molecule has 0 aromatic heterocycles. The summed E-state index contributed by atoms with van der Waals surface area (Å²) in [4.78, 5) is 29.6. The van der Waals surface area contributed by atoms with Gasteiger partial charge >= 0.3 is 5.51 Å². The topological polar surface area (TPSA) is 43.9 Å². The third-order valence-corrected chi connectivity index (χ3v) is 4.45. The zero-order valence-electron chi connectivity index (χ0n) is 14.0. The maximum Gasteiger partial charge on any atom is 0.446 e. The number of nitrogens with zero attached hydrogens (tertiary/aromatic N) is 3. The van der Waals surface area contributed by atoms with Crippen LogP contribution in [0.2, 0.25) is 0 Å². The molecule has 2 rings (SSSR count). The summed E-state index contributed by atoms with van der Waals surface area (Å²) in [5, 5.41) is 0. The van der Waals surface area contributed by atoms with Crippen molar-refractivity contribution >= 4 is 23.6 Å². The summed E-state index contributed by atoms with van der Waals surface area (Å²) in [5.41, 5.74) is -4.00. The van der Waals surface area contributed by atoms with E-state index in [2.05, 4.69) is 0 Å². The van der Waals surface area contributed by atoms with Crippen LogP contribution in [0, 0.1) is 0 Å². The fourth-order valence-corrected chi connectivity index (χ4v) is 3.05. The van der Waals surface area contributed by atoms with Gasteiger partial charge in [0.25, 0.3) is 5.91 Å². The molecule has 0 atom stereocenters. The molecule has 0 radical (unpaired) electrons. The van der Waals surface area contributed by atoms with E-state index < -0.39 is 5.51 Å². The van der Waals surface area contributed by atoms with Crippen LogP contribution in [-0.4, -0.2) is 78.8 Å². The molecule has 0 aliphatic carbocycles. The first-order valence-electron chi connectivity index (χ1n) is 7.73. The van der Waals surface area contributed by atoms with Crippen LogP contribution < -0.4 is 0 Å². The Hall–Kier alpha value is -1.74. The summed E-state index contributed by atoms with van der Waals surface area (Å²) in [6.45, 7) is 2.07. The average molecular weight is 375 g/mol. The van der Waals surface area contributed by atoms with E-state index in [1.807, 2.05) is 14.1 Å². The molecule has 0 spiro atoms. The van der Waals surface area contributed by atoms with Crippen LogP contribution in [0.3, 0.4) is 0 Å². The lowest BCUT2D eigenvalue weighted by Gasteiger charge is -2.35. The minimum atomic E-state index is -4.35. The summed E-state index contributed by atoms with van der Waals surface area (Å²) < 4.78 is 37.0. The van der Waals surface area contributed by atoms with Gasteiger partial charge in [-0.3, -0.25) is 9.59 Å². The van der Waals surface area contributed by atoms with E-state index in [0.29, 0.717) is 38.3 Å². The highest BCUT2D eigenvalue weighted by Crippen LogP contribution is 2.36. The summed E-state index contributed by atoms with van der Waals surface area (Å²) in [7, 11) is 3.64. The van der Waals surface area contributed by atoms with Crippen LogP contribution in [0.1, 0.15) is 10.4 Å². The Labute approximate surface area is 148 Å². The van der Waals surface area contributed by atoms with Crippen LogP contribution >= 0.6 is 11.8 Å². The van der Waals surface area contributed by atoms with Crippen LogP contribution in [0.15, 0.2) is 29.2 Å². The number of carbonyl (C=O) groups is 2. The van der Waals surface area contributed by atoms with Gasteiger partial charge in [0.05, 0.1) is 6.54 Å². The number of hydrogen-bond donors (Lipinski definition) is 0. The molecular formula is C16H20F3N3O2S. The third kappa shape index (κ3) is 5.93. The fraction of sp³-hybridized carbons (Fsp3) is 0.500. The molecule has 2 amide bonds. The van der Waals surface area contributed by atoms with Crippen molar-refractivity contribution in [2.24, 2.45) is 0 Å². The van der Waals surface area contributed by atoms with Crippen LogP contribution in [0.25, 0.3) is 0 Å². The molecule has 1 saturated heterocycles. The second-order valence-electron chi connectivity index (χ2n) is 5.98. The van der Waals surface area contributed by atoms with Gasteiger partial charge in [-0.05, 0) is 50.1 Å². The lowest BCUT2D eigenvalue weighted by Crippen LogP contribution is -2.52. The molecule has 1 heterocycles.